The molecule has 132 valence electrons. The molecular formula is C17H36N2O3. The third-order valence-corrected chi connectivity index (χ3v) is 4.12. The van der Waals surface area contributed by atoms with Crippen molar-refractivity contribution in [2.75, 3.05) is 26.2 Å². The smallest absolute Gasteiger partial charge is 0.410 e. The van der Waals surface area contributed by atoms with E-state index in [0.29, 0.717) is 13.1 Å². The molecule has 1 amide bonds. The number of hydrogen-bond donors (Lipinski definition) is 2. The second kappa shape index (κ2) is 9.36. The Morgan fingerprint density at radius 2 is 1.77 bits per heavy atom. The minimum absolute atomic E-state index is 0.0609. The summed E-state index contributed by atoms with van der Waals surface area (Å²) in [4.78, 5) is 13.9. The first-order valence-corrected chi connectivity index (χ1v) is 8.42. The monoisotopic (exact) mass is 316 g/mol. The van der Waals surface area contributed by atoms with Crippen LogP contribution in [0.4, 0.5) is 4.79 Å². The number of carbonyl (C=O) groups excluding carboxylic acids is 1. The van der Waals surface area contributed by atoms with Crippen LogP contribution in [0.2, 0.25) is 0 Å². The zero-order valence-electron chi connectivity index (χ0n) is 15.5. The fourth-order valence-corrected chi connectivity index (χ4v) is 2.21. The molecule has 0 fully saturated rings. The molecule has 0 aliphatic rings. The van der Waals surface area contributed by atoms with Gasteiger partial charge in [-0.1, -0.05) is 13.8 Å². The summed E-state index contributed by atoms with van der Waals surface area (Å²) in [6.45, 7) is 16.0. The first-order chi connectivity index (χ1) is 10.1. The summed E-state index contributed by atoms with van der Waals surface area (Å²) in [5.74, 6) is 0. The molecule has 0 aliphatic heterocycles. The number of nitrogens with zero attached hydrogens (tertiary/aromatic N) is 1. The van der Waals surface area contributed by atoms with Gasteiger partial charge in [0.15, 0.2) is 0 Å². The lowest BCUT2D eigenvalue weighted by molar-refractivity contribution is 0.0190. The fourth-order valence-electron chi connectivity index (χ4n) is 2.21. The average Bonchev–Trinajstić information content (AvgIpc) is 2.41. The zero-order valence-corrected chi connectivity index (χ0v) is 15.5. The predicted octanol–water partition coefficient (Wildman–Crippen LogP) is 3.02. The standard InChI is InChI=1S/C17H36N2O3/c1-8-17(9-2,13-20)12-18-10-11-19(14(3)4)15(21)22-16(5,6)7/h14,18,20H,8-13H2,1-7H3. The van der Waals surface area contributed by atoms with Gasteiger partial charge in [0.2, 0.25) is 0 Å². The fraction of sp³-hybridized carbons (Fsp3) is 0.941. The molecular weight excluding hydrogens is 280 g/mol. The third kappa shape index (κ3) is 7.45. The maximum Gasteiger partial charge on any atom is 0.410 e. The van der Waals surface area contributed by atoms with Gasteiger partial charge >= 0.3 is 6.09 Å². The van der Waals surface area contributed by atoms with Crippen LogP contribution in [0.25, 0.3) is 0 Å². The molecule has 0 aromatic carbocycles. The largest absolute Gasteiger partial charge is 0.444 e. The van der Waals surface area contributed by atoms with Gasteiger partial charge in [-0.05, 0) is 47.5 Å². The van der Waals surface area contributed by atoms with Crippen LogP contribution in [0.1, 0.15) is 61.3 Å². The second-order valence-electron chi connectivity index (χ2n) is 7.31. The van der Waals surface area contributed by atoms with E-state index in [-0.39, 0.29) is 24.2 Å². The molecule has 0 heterocycles. The van der Waals surface area contributed by atoms with Gasteiger partial charge < -0.3 is 20.1 Å². The number of carbonyl (C=O) groups is 1. The van der Waals surface area contributed by atoms with Gasteiger partial charge in [0.25, 0.3) is 0 Å². The Hall–Kier alpha value is -0.810. The first kappa shape index (κ1) is 21.2. The van der Waals surface area contributed by atoms with Crippen molar-refractivity contribution in [1.82, 2.24) is 10.2 Å². The highest BCUT2D eigenvalue weighted by Gasteiger charge is 2.26. The first-order valence-electron chi connectivity index (χ1n) is 8.42. The zero-order chi connectivity index (χ0) is 17.4. The highest BCUT2D eigenvalue weighted by molar-refractivity contribution is 5.68. The molecule has 0 unspecified atom stereocenters. The van der Waals surface area contributed by atoms with Crippen LogP contribution in [0.5, 0.6) is 0 Å². The van der Waals surface area contributed by atoms with Crippen LogP contribution in [0.3, 0.4) is 0 Å². The van der Waals surface area contributed by atoms with Gasteiger partial charge in [-0.2, -0.15) is 0 Å². The predicted molar refractivity (Wildman–Crippen MR) is 91.0 cm³/mol. The van der Waals surface area contributed by atoms with E-state index >= 15 is 0 Å². The molecule has 5 nitrogen and oxygen atoms in total. The van der Waals surface area contributed by atoms with Gasteiger partial charge in [-0.3, -0.25) is 0 Å². The van der Waals surface area contributed by atoms with Crippen molar-refractivity contribution in [3.8, 4) is 0 Å². The topological polar surface area (TPSA) is 61.8 Å². The molecule has 0 radical (unpaired) electrons. The molecule has 0 bridgehead atoms. The lowest BCUT2D eigenvalue weighted by Crippen LogP contribution is -2.45. The van der Waals surface area contributed by atoms with Crippen molar-refractivity contribution in [2.45, 2.75) is 73.0 Å². The quantitative estimate of drug-likeness (QED) is 0.642. The van der Waals surface area contributed by atoms with Crippen molar-refractivity contribution in [2.24, 2.45) is 5.41 Å². The van der Waals surface area contributed by atoms with Crippen LogP contribution >= 0.6 is 0 Å². The summed E-state index contributed by atoms with van der Waals surface area (Å²) >= 11 is 0. The molecule has 5 heteroatoms. The van der Waals surface area contributed by atoms with Crippen LogP contribution in [0, 0.1) is 5.41 Å². The van der Waals surface area contributed by atoms with Crippen LogP contribution in [-0.2, 0) is 4.74 Å². The summed E-state index contributed by atoms with van der Waals surface area (Å²) in [5.41, 5.74) is -0.539. The lowest BCUT2D eigenvalue weighted by Gasteiger charge is -2.32. The van der Waals surface area contributed by atoms with Crippen LogP contribution in [-0.4, -0.2) is 54.0 Å². The number of amides is 1. The Kier molecular flexibility index (Phi) is 9.01. The van der Waals surface area contributed by atoms with Gasteiger partial charge in [0.1, 0.15) is 5.60 Å². The Balaban J connectivity index is 4.41. The van der Waals surface area contributed by atoms with Crippen LogP contribution in [0.15, 0.2) is 0 Å². The summed E-state index contributed by atoms with van der Waals surface area (Å²) in [6.07, 6.45) is 1.60. The van der Waals surface area contributed by atoms with E-state index in [9.17, 15) is 9.90 Å². The van der Waals surface area contributed by atoms with Crippen LogP contribution < -0.4 is 5.32 Å². The maximum absolute atomic E-state index is 12.2. The molecule has 0 saturated carbocycles. The Morgan fingerprint density at radius 3 is 2.14 bits per heavy atom. The molecule has 0 spiro atoms. The minimum Gasteiger partial charge on any atom is -0.444 e. The number of aliphatic hydroxyl groups is 1. The van der Waals surface area contributed by atoms with E-state index in [1.54, 1.807) is 4.90 Å². The van der Waals surface area contributed by atoms with Gasteiger partial charge in [0.05, 0.1) is 0 Å². The Morgan fingerprint density at radius 1 is 1.23 bits per heavy atom. The molecule has 0 aromatic rings. The number of ether oxygens (including phenoxy) is 1. The van der Waals surface area contributed by atoms with E-state index in [1.165, 1.54) is 0 Å². The third-order valence-electron chi connectivity index (χ3n) is 4.12. The highest BCUT2D eigenvalue weighted by atomic mass is 16.6. The van der Waals surface area contributed by atoms with E-state index in [0.717, 1.165) is 19.4 Å². The molecule has 0 atom stereocenters. The van der Waals surface area contributed by atoms with Crippen molar-refractivity contribution in [1.29, 1.82) is 0 Å². The summed E-state index contributed by atoms with van der Waals surface area (Å²) < 4.78 is 5.44. The normalized spacial score (nSPS) is 12.6. The van der Waals surface area contributed by atoms with Gasteiger partial charge in [-0.25, -0.2) is 4.79 Å². The number of nitrogens with one attached hydrogen (secondary N) is 1. The van der Waals surface area contributed by atoms with E-state index in [4.69, 9.17) is 4.74 Å². The lowest BCUT2D eigenvalue weighted by atomic mass is 9.83. The average molecular weight is 316 g/mol. The summed E-state index contributed by atoms with van der Waals surface area (Å²) in [6, 6.07) is 0.0941. The highest BCUT2D eigenvalue weighted by Crippen LogP contribution is 2.24. The van der Waals surface area contributed by atoms with Crippen molar-refractivity contribution in [3.05, 3.63) is 0 Å². The minimum atomic E-state index is -0.478. The van der Waals surface area contributed by atoms with E-state index in [1.807, 2.05) is 34.6 Å². The van der Waals surface area contributed by atoms with Gasteiger partial charge in [0, 0.05) is 37.7 Å². The molecule has 2 N–H and O–H groups in total. The molecule has 0 saturated heterocycles. The summed E-state index contributed by atoms with van der Waals surface area (Å²) in [7, 11) is 0. The SMILES string of the molecule is CCC(CC)(CO)CNCCN(C(=O)OC(C)(C)C)C(C)C. The van der Waals surface area contributed by atoms with Crippen molar-refractivity contribution < 1.29 is 14.6 Å². The summed E-state index contributed by atoms with van der Waals surface area (Å²) in [5, 5.41) is 12.9. The van der Waals surface area contributed by atoms with E-state index in [2.05, 4.69) is 19.2 Å². The molecule has 0 aliphatic carbocycles. The molecule has 0 rings (SSSR count). The van der Waals surface area contributed by atoms with Crippen molar-refractivity contribution >= 4 is 6.09 Å². The van der Waals surface area contributed by atoms with Crippen molar-refractivity contribution in [3.63, 3.8) is 0 Å². The van der Waals surface area contributed by atoms with E-state index < -0.39 is 5.60 Å². The molecule has 22 heavy (non-hydrogen) atoms. The number of rotatable bonds is 9. The maximum atomic E-state index is 12.2. The molecule has 0 aromatic heterocycles. The number of aliphatic hydroxyl groups excluding tert-OH is 1. The Labute approximate surface area is 136 Å². The van der Waals surface area contributed by atoms with Gasteiger partial charge in [-0.15, -0.1) is 0 Å². The Bertz CT molecular complexity index is 312. The number of hydrogen-bond acceptors (Lipinski definition) is 4. The second-order valence-corrected chi connectivity index (χ2v) is 7.31.